The lowest BCUT2D eigenvalue weighted by Crippen LogP contribution is -2.51. The summed E-state index contributed by atoms with van der Waals surface area (Å²) in [4.78, 5) is 33.0. The van der Waals surface area contributed by atoms with E-state index in [-0.39, 0.29) is 78.3 Å². The SMILES string of the molecule is CC(C)C(Oc1cccc2c1C1=NC2=NCc2c3c(OC(C(C)C)C(C)C)cccc3c3[n]2[Al]([O]S(=O)(=O)C2CCCC2)[n]2c(c4cccc(OC(C(C)C)C(C)C)c4c2=C=NC2=N/C(=N\3)c3c(OC(C(C)C)C(C)C)cccc32)=N1)C(C)C. The lowest BCUT2D eigenvalue weighted by Gasteiger charge is -2.27. The molecule has 11 rings (SSSR count). The highest BCUT2D eigenvalue weighted by Gasteiger charge is 2.48. The van der Waals surface area contributed by atoms with E-state index in [0.717, 1.165) is 23.8 Å². The molecule has 1 aliphatic carbocycles. The van der Waals surface area contributed by atoms with E-state index < -0.39 is 30.3 Å². The molecular formula is C67H83AlN8O7S. The monoisotopic (exact) mass is 1170 g/mol. The summed E-state index contributed by atoms with van der Waals surface area (Å²) < 4.78 is 71.3. The van der Waals surface area contributed by atoms with Gasteiger partial charge in [0.2, 0.25) is 10.1 Å². The molecule has 17 heteroatoms. The van der Waals surface area contributed by atoms with Crippen molar-refractivity contribution in [2.24, 2.45) is 77.3 Å². The van der Waals surface area contributed by atoms with E-state index in [1.54, 1.807) is 0 Å². The fourth-order valence-corrected chi connectivity index (χ4v) is 18.6. The van der Waals surface area contributed by atoms with Crippen molar-refractivity contribution in [2.75, 3.05) is 0 Å². The molecule has 84 heavy (non-hydrogen) atoms. The third kappa shape index (κ3) is 10.8. The van der Waals surface area contributed by atoms with Gasteiger partial charge in [0, 0.05) is 38.8 Å². The summed E-state index contributed by atoms with van der Waals surface area (Å²) in [7, 11) is -4.35. The smallest absolute Gasteiger partial charge is 0.489 e. The van der Waals surface area contributed by atoms with Gasteiger partial charge >= 0.3 is 14.9 Å². The van der Waals surface area contributed by atoms with Crippen molar-refractivity contribution in [3.8, 4) is 23.0 Å². The highest BCUT2D eigenvalue weighted by molar-refractivity contribution is 7.88. The summed E-state index contributed by atoms with van der Waals surface area (Å²) in [5, 5.41) is 2.38. The second-order valence-corrected chi connectivity index (χ2v) is 30.4. The van der Waals surface area contributed by atoms with Crippen LogP contribution in [0.3, 0.4) is 0 Å². The molecule has 0 saturated heterocycles. The summed E-state index contributed by atoms with van der Waals surface area (Å²) in [6.45, 7) is 34.8. The van der Waals surface area contributed by atoms with Crippen molar-refractivity contribution in [1.82, 2.24) is 7.10 Å². The number of ether oxygens (including phenoxy) is 4. The Labute approximate surface area is 501 Å². The van der Waals surface area contributed by atoms with Crippen LogP contribution in [-0.4, -0.2) is 89.3 Å². The van der Waals surface area contributed by atoms with Gasteiger partial charge in [-0.1, -0.05) is 172 Å². The van der Waals surface area contributed by atoms with Crippen LogP contribution >= 0.6 is 0 Å². The van der Waals surface area contributed by atoms with Crippen LogP contribution in [0.5, 0.6) is 23.0 Å². The quantitative estimate of drug-likeness (QED) is 0.0728. The lowest BCUT2D eigenvalue weighted by atomic mass is 9.96. The number of benzene rings is 4. The van der Waals surface area contributed by atoms with Crippen molar-refractivity contribution < 1.29 is 30.6 Å². The zero-order valence-corrected chi connectivity index (χ0v) is 53.9. The van der Waals surface area contributed by atoms with Crippen LogP contribution in [0.4, 0.5) is 5.82 Å². The summed E-state index contributed by atoms with van der Waals surface area (Å²) in [6, 6.07) is 23.9. The van der Waals surface area contributed by atoms with E-state index in [1.807, 2.05) is 79.9 Å². The van der Waals surface area contributed by atoms with E-state index in [1.165, 1.54) is 0 Å². The van der Waals surface area contributed by atoms with Crippen LogP contribution in [0.2, 0.25) is 0 Å². The zero-order valence-electron chi connectivity index (χ0n) is 51.9. The molecule has 2 aromatic heterocycles. The van der Waals surface area contributed by atoms with Crippen molar-refractivity contribution in [3.05, 3.63) is 112 Å². The zero-order chi connectivity index (χ0) is 59.8. The fourth-order valence-electron chi connectivity index (χ4n) is 13.5. The molecule has 6 heterocycles. The standard InChI is InChI=1S/C62H74N8O4.C5H10O3S.Al/c1-31(2)53(32(3)4)71-45-25-17-21-39-49(45)43-29-63-57-41-23-19-28-48(74-56(37(13)14)38(15)16)52(41)62(67-57)70-60-40-22-18-26-46(72-54(33(5)6)34(7)8)50(40)44(66-60)30-64-58-42-24-20-27-47(73-55(35(9)10)36(11)12)51(42)61(68-58)69-59(39)65-43;6-9(7,8)5-3-1-2-4-5;/h17-28,31-38,53-56H,29H2,1-16H3;5H,1-4H2,(H,6,7,8);/q-2;;+3/p-1/b69-61-;;. The maximum Gasteiger partial charge on any atom is 0.822 e. The van der Waals surface area contributed by atoms with Crippen LogP contribution < -0.4 is 29.8 Å². The average Bonchev–Trinajstić information content (AvgIpc) is 2.37. The fraction of sp³-hybridized carbons (Fsp3) is 0.507. The van der Waals surface area contributed by atoms with Crippen LogP contribution in [0.15, 0.2) is 103 Å². The van der Waals surface area contributed by atoms with Crippen molar-refractivity contribution >= 4 is 81.6 Å². The largest absolute Gasteiger partial charge is 0.822 e. The number of nitrogens with zero attached hydrogens (tertiary/aromatic N) is 8. The van der Waals surface area contributed by atoms with Gasteiger partial charge in [-0.2, -0.15) is 4.99 Å². The van der Waals surface area contributed by atoms with E-state index in [4.69, 9.17) is 52.1 Å². The van der Waals surface area contributed by atoms with E-state index in [2.05, 4.69) is 117 Å². The molecule has 6 aromatic rings. The molecule has 1 saturated carbocycles. The molecule has 6 bridgehead atoms. The average molecular weight is 1170 g/mol. The first kappa shape index (κ1) is 59.4. The number of amidine groups is 4. The number of rotatable bonds is 19. The van der Waals surface area contributed by atoms with Crippen molar-refractivity contribution in [2.45, 2.75) is 173 Å². The van der Waals surface area contributed by atoms with E-state index >= 15 is 8.42 Å². The Morgan fingerprint density at radius 1 is 0.500 bits per heavy atom. The molecule has 0 spiro atoms. The van der Waals surface area contributed by atoms with Gasteiger partial charge in [0.05, 0.1) is 33.7 Å². The minimum absolute atomic E-state index is 0.00926. The molecule has 4 aromatic carbocycles. The molecule has 15 nitrogen and oxygen atoms in total. The van der Waals surface area contributed by atoms with Gasteiger partial charge in [0.25, 0.3) is 0 Å². The second kappa shape index (κ2) is 23.5. The van der Waals surface area contributed by atoms with Gasteiger partial charge in [-0.15, -0.1) is 0 Å². The van der Waals surface area contributed by atoms with Crippen molar-refractivity contribution in [1.29, 1.82) is 0 Å². The molecule has 1 fully saturated rings. The van der Waals surface area contributed by atoms with Gasteiger partial charge in [-0.25, -0.2) is 28.4 Å². The third-order valence-electron chi connectivity index (χ3n) is 17.2. The first-order chi connectivity index (χ1) is 40.0. The Morgan fingerprint density at radius 3 is 1.46 bits per heavy atom. The Kier molecular flexibility index (Phi) is 16.6. The summed E-state index contributed by atoms with van der Waals surface area (Å²) >= 11 is -3.97. The summed E-state index contributed by atoms with van der Waals surface area (Å²) in [5.41, 5.74) is 3.86. The number of aliphatic imine (C=N–C) groups is 5. The lowest BCUT2D eigenvalue weighted by molar-refractivity contribution is 0.105. The van der Waals surface area contributed by atoms with Crippen LogP contribution in [0, 0.1) is 47.3 Å². The first-order valence-electron chi connectivity index (χ1n) is 30.7. The maximum atomic E-state index is 15.7. The normalized spacial score (nSPS) is 16.6. The van der Waals surface area contributed by atoms with Gasteiger partial charge in [-0.3, -0.25) is 4.99 Å². The third-order valence-corrected chi connectivity index (χ3v) is 22.2. The van der Waals surface area contributed by atoms with Crippen LogP contribution in [-0.2, 0) is 19.9 Å². The number of hydrogen-bond donors (Lipinski definition) is 0. The molecule has 442 valence electrons. The van der Waals surface area contributed by atoms with E-state index in [0.29, 0.717) is 114 Å². The van der Waals surface area contributed by atoms with E-state index in [9.17, 15) is 0 Å². The molecule has 0 N–H and O–H groups in total. The molecule has 0 atom stereocenters. The Hall–Kier alpha value is -6.34. The molecule has 0 radical (unpaired) electrons. The van der Waals surface area contributed by atoms with Gasteiger partial charge in [0.15, 0.2) is 23.3 Å². The molecule has 0 amide bonds. The first-order valence-corrected chi connectivity index (χ1v) is 33.7. The summed E-state index contributed by atoms with van der Waals surface area (Å²) in [5.74, 6) is 9.23. The predicted octanol–water partition coefficient (Wildman–Crippen LogP) is 13.0. The number of aromatic nitrogens is 2. The maximum absolute atomic E-state index is 15.7. The Balaban J connectivity index is 1.36. The van der Waals surface area contributed by atoms with Gasteiger partial charge in [0.1, 0.15) is 58.7 Å². The number of hydrogen-bond acceptors (Lipinski definition) is 13. The van der Waals surface area contributed by atoms with Crippen LogP contribution in [0.25, 0.3) is 21.5 Å². The molecular weight excluding hydrogens is 1090 g/mol. The van der Waals surface area contributed by atoms with Crippen LogP contribution in [0.1, 0.15) is 164 Å². The Bertz CT molecular complexity index is 3930. The minimum Gasteiger partial charge on any atom is -0.489 e. The van der Waals surface area contributed by atoms with Gasteiger partial charge < -0.3 is 29.3 Å². The molecule has 0 unspecified atom stereocenters. The highest BCUT2D eigenvalue weighted by atomic mass is 32.2. The molecule has 4 aliphatic heterocycles. The van der Waals surface area contributed by atoms with Crippen molar-refractivity contribution in [3.63, 3.8) is 0 Å². The topological polar surface area (TPSA) is 164 Å². The summed E-state index contributed by atoms with van der Waals surface area (Å²) in [6.07, 6.45) is 1.80. The Morgan fingerprint density at radius 2 is 0.940 bits per heavy atom. The number of fused-ring (bicyclic) bond motifs is 14. The second-order valence-electron chi connectivity index (χ2n) is 26.3. The predicted molar refractivity (Wildman–Crippen MR) is 339 cm³/mol. The minimum atomic E-state index is -4.35. The van der Waals surface area contributed by atoms with Gasteiger partial charge in [-0.05, 0) is 84.5 Å². The highest BCUT2D eigenvalue weighted by Crippen LogP contribution is 2.44. The molecule has 5 aliphatic rings.